The number of fused-ring (bicyclic) bond motifs is 2. The molecule has 0 radical (unpaired) electrons. The third-order valence-electron chi connectivity index (χ3n) is 5.78. The maximum Gasteiger partial charge on any atom is 0.410 e. The van der Waals surface area contributed by atoms with Crippen LogP contribution < -0.4 is 10.9 Å². The molecule has 3 heterocycles. The summed E-state index contributed by atoms with van der Waals surface area (Å²) in [6.45, 7) is 10.6. The quantitative estimate of drug-likeness (QED) is 0.568. The summed E-state index contributed by atoms with van der Waals surface area (Å²) < 4.78 is 7.23. The van der Waals surface area contributed by atoms with E-state index in [0.29, 0.717) is 46.0 Å². The van der Waals surface area contributed by atoms with Crippen molar-refractivity contribution in [2.45, 2.75) is 66.2 Å². The normalized spacial score (nSPS) is 13.1. The smallest absolute Gasteiger partial charge is 0.410 e. The standard InChI is InChI=1S/C25H30N4O4S/c1-6-28(24(32)33-25(3,4)5)14-16-10-7-8-11-17(16)26-21(30)20-15(2)19-22(34-20)27-18-12-9-13-29(18)23(19)31/h7-8,10-11H,6,9,12-14H2,1-5H3,(H,26,30). The second-order valence-corrected chi connectivity index (χ2v) is 10.4. The molecule has 0 spiro atoms. The van der Waals surface area contributed by atoms with Crippen molar-refractivity contribution in [3.8, 4) is 0 Å². The zero-order valence-electron chi connectivity index (χ0n) is 20.2. The molecule has 1 aromatic carbocycles. The molecule has 8 nitrogen and oxygen atoms in total. The Hall–Kier alpha value is -3.20. The Morgan fingerprint density at radius 2 is 2.00 bits per heavy atom. The Balaban J connectivity index is 1.60. The van der Waals surface area contributed by atoms with Crippen LogP contribution in [0.3, 0.4) is 0 Å². The molecule has 0 fully saturated rings. The lowest BCUT2D eigenvalue weighted by molar-refractivity contribution is 0.0245. The summed E-state index contributed by atoms with van der Waals surface area (Å²) in [5.74, 6) is 0.496. The summed E-state index contributed by atoms with van der Waals surface area (Å²) >= 11 is 1.25. The summed E-state index contributed by atoms with van der Waals surface area (Å²) in [5.41, 5.74) is 1.39. The monoisotopic (exact) mass is 482 g/mol. The van der Waals surface area contributed by atoms with E-state index in [9.17, 15) is 14.4 Å². The van der Waals surface area contributed by atoms with Crippen molar-refractivity contribution in [2.24, 2.45) is 0 Å². The molecule has 4 rings (SSSR count). The van der Waals surface area contributed by atoms with Gasteiger partial charge in [-0.1, -0.05) is 18.2 Å². The fourth-order valence-corrected chi connectivity index (χ4v) is 5.17. The van der Waals surface area contributed by atoms with E-state index < -0.39 is 11.7 Å². The number of hydrogen-bond donors (Lipinski definition) is 1. The minimum atomic E-state index is -0.593. The van der Waals surface area contributed by atoms with Gasteiger partial charge in [0.05, 0.1) is 16.8 Å². The van der Waals surface area contributed by atoms with Gasteiger partial charge in [-0.25, -0.2) is 9.78 Å². The van der Waals surface area contributed by atoms with Crippen LogP contribution in [0.4, 0.5) is 10.5 Å². The molecule has 1 aliphatic rings. The Morgan fingerprint density at radius 3 is 2.71 bits per heavy atom. The van der Waals surface area contributed by atoms with Crippen LogP contribution in [0.5, 0.6) is 0 Å². The van der Waals surface area contributed by atoms with E-state index in [2.05, 4.69) is 10.3 Å². The van der Waals surface area contributed by atoms with Gasteiger partial charge < -0.3 is 15.0 Å². The van der Waals surface area contributed by atoms with E-state index in [4.69, 9.17) is 4.74 Å². The molecule has 0 unspecified atom stereocenters. The minimum Gasteiger partial charge on any atom is -0.444 e. The lowest BCUT2D eigenvalue weighted by Crippen LogP contribution is -2.36. The number of thiophene rings is 1. The summed E-state index contributed by atoms with van der Waals surface area (Å²) in [4.78, 5) is 46.1. The van der Waals surface area contributed by atoms with Gasteiger partial charge in [0.1, 0.15) is 16.3 Å². The predicted molar refractivity (Wildman–Crippen MR) is 134 cm³/mol. The van der Waals surface area contributed by atoms with Crippen molar-refractivity contribution < 1.29 is 14.3 Å². The van der Waals surface area contributed by atoms with Crippen LogP contribution in [0, 0.1) is 6.92 Å². The molecule has 0 atom stereocenters. The number of aromatic nitrogens is 2. The lowest BCUT2D eigenvalue weighted by atomic mass is 10.1. The molecule has 9 heteroatoms. The van der Waals surface area contributed by atoms with Crippen LogP contribution in [0.25, 0.3) is 10.2 Å². The summed E-state index contributed by atoms with van der Waals surface area (Å²) in [6.07, 6.45) is 1.29. The number of hydrogen-bond acceptors (Lipinski definition) is 6. The first kappa shape index (κ1) is 23.9. The van der Waals surface area contributed by atoms with Gasteiger partial charge >= 0.3 is 6.09 Å². The number of aryl methyl sites for hydroxylation is 2. The topological polar surface area (TPSA) is 93.5 Å². The van der Waals surface area contributed by atoms with Crippen LogP contribution in [0.1, 0.15) is 60.7 Å². The van der Waals surface area contributed by atoms with Crippen LogP contribution >= 0.6 is 11.3 Å². The van der Waals surface area contributed by atoms with Crippen molar-refractivity contribution in [2.75, 3.05) is 11.9 Å². The van der Waals surface area contributed by atoms with E-state index in [1.165, 1.54) is 11.3 Å². The van der Waals surface area contributed by atoms with Gasteiger partial charge in [0.15, 0.2) is 0 Å². The fraction of sp³-hybridized carbons (Fsp3) is 0.440. The average molecular weight is 483 g/mol. The number of carbonyl (C=O) groups excluding carboxylic acids is 2. The number of anilines is 1. The largest absolute Gasteiger partial charge is 0.444 e. The second kappa shape index (κ2) is 9.21. The highest BCUT2D eigenvalue weighted by atomic mass is 32.1. The Kier molecular flexibility index (Phi) is 6.49. The van der Waals surface area contributed by atoms with Gasteiger partial charge in [-0.05, 0) is 58.2 Å². The first-order valence-corrected chi connectivity index (χ1v) is 12.3. The number of rotatable bonds is 5. The van der Waals surface area contributed by atoms with Crippen molar-refractivity contribution in [1.82, 2.24) is 14.5 Å². The van der Waals surface area contributed by atoms with Gasteiger partial charge in [-0.3, -0.25) is 14.2 Å². The molecular formula is C25H30N4O4S. The van der Waals surface area contributed by atoms with E-state index in [1.54, 1.807) is 22.5 Å². The van der Waals surface area contributed by atoms with Crippen molar-refractivity contribution in [3.63, 3.8) is 0 Å². The molecule has 0 bridgehead atoms. The molecule has 1 aliphatic heterocycles. The number of para-hydroxylation sites is 1. The fourth-order valence-electron chi connectivity index (χ4n) is 4.09. The minimum absolute atomic E-state index is 0.0679. The molecule has 34 heavy (non-hydrogen) atoms. The first-order chi connectivity index (χ1) is 16.1. The lowest BCUT2D eigenvalue weighted by Gasteiger charge is -2.27. The van der Waals surface area contributed by atoms with Crippen LogP contribution in [0.15, 0.2) is 29.1 Å². The SMILES string of the molecule is CCN(Cc1ccccc1NC(=O)c1sc2nc3n(c(=O)c2c1C)CCC3)C(=O)OC(C)(C)C. The van der Waals surface area contributed by atoms with E-state index >= 15 is 0 Å². The van der Waals surface area contributed by atoms with Gasteiger partial charge in [0.2, 0.25) is 0 Å². The second-order valence-electron chi connectivity index (χ2n) is 9.43. The third kappa shape index (κ3) is 4.70. The first-order valence-electron chi connectivity index (χ1n) is 11.5. The predicted octanol–water partition coefficient (Wildman–Crippen LogP) is 4.72. The molecule has 2 aromatic heterocycles. The molecule has 3 aromatic rings. The molecule has 0 saturated carbocycles. The average Bonchev–Trinajstić information content (AvgIpc) is 3.36. The number of ether oxygens (including phenoxy) is 1. The molecule has 2 amide bonds. The van der Waals surface area contributed by atoms with Gasteiger partial charge in [0, 0.05) is 25.2 Å². The highest BCUT2D eigenvalue weighted by molar-refractivity contribution is 7.20. The molecule has 1 N–H and O–H groups in total. The Bertz CT molecular complexity index is 1320. The summed E-state index contributed by atoms with van der Waals surface area (Å²) in [7, 11) is 0. The van der Waals surface area contributed by atoms with Crippen LogP contribution in [-0.2, 0) is 24.2 Å². The van der Waals surface area contributed by atoms with Gasteiger partial charge in [0.25, 0.3) is 11.5 Å². The van der Waals surface area contributed by atoms with E-state index in [-0.39, 0.29) is 11.5 Å². The highest BCUT2D eigenvalue weighted by Gasteiger charge is 2.25. The van der Waals surface area contributed by atoms with E-state index in [0.717, 1.165) is 24.2 Å². The van der Waals surface area contributed by atoms with Crippen LogP contribution in [0.2, 0.25) is 0 Å². The zero-order chi connectivity index (χ0) is 24.6. The summed E-state index contributed by atoms with van der Waals surface area (Å²) in [6, 6.07) is 7.38. The number of amides is 2. The van der Waals surface area contributed by atoms with Gasteiger partial charge in [-0.15, -0.1) is 11.3 Å². The highest BCUT2D eigenvalue weighted by Crippen LogP contribution is 2.30. The molecule has 180 valence electrons. The molecule has 0 saturated heterocycles. The van der Waals surface area contributed by atoms with Crippen molar-refractivity contribution in [1.29, 1.82) is 0 Å². The van der Waals surface area contributed by atoms with E-state index in [1.807, 2.05) is 45.9 Å². The zero-order valence-corrected chi connectivity index (χ0v) is 21.0. The number of carbonyl (C=O) groups is 2. The Morgan fingerprint density at radius 1 is 1.26 bits per heavy atom. The number of nitrogens with zero attached hydrogens (tertiary/aromatic N) is 3. The number of nitrogens with one attached hydrogen (secondary N) is 1. The summed E-state index contributed by atoms with van der Waals surface area (Å²) in [5, 5.41) is 3.50. The maximum absolute atomic E-state index is 13.3. The Labute approximate surface area is 202 Å². The van der Waals surface area contributed by atoms with Crippen molar-refractivity contribution in [3.05, 3.63) is 56.4 Å². The number of benzene rings is 1. The molecular weight excluding hydrogens is 452 g/mol. The van der Waals surface area contributed by atoms with Crippen LogP contribution in [-0.4, -0.2) is 38.6 Å². The maximum atomic E-state index is 13.3. The van der Waals surface area contributed by atoms with Crippen molar-refractivity contribution >= 4 is 39.2 Å². The third-order valence-corrected chi connectivity index (χ3v) is 6.96. The molecule has 0 aliphatic carbocycles. The van der Waals surface area contributed by atoms with Gasteiger partial charge in [-0.2, -0.15) is 0 Å².